The summed E-state index contributed by atoms with van der Waals surface area (Å²) in [4.78, 5) is 4.38. The van der Waals surface area contributed by atoms with Crippen LogP contribution in [-0.4, -0.2) is 11.5 Å². The SMILES string of the molecule is Cc1ccnc(C)c1-c1ccc(NCCCc2ccccc2)c(Cl)c1Cl. The number of benzene rings is 2. The normalized spacial score (nSPS) is 10.8. The Morgan fingerprint density at radius 3 is 2.42 bits per heavy atom. The standard InChI is InChI=1S/C22H22Cl2N2/c1-15-12-14-25-16(2)20(15)18-10-11-19(22(24)21(18)23)26-13-6-9-17-7-4-3-5-8-17/h3-5,7-8,10-12,14,26H,6,9,13H2,1-2H3. The van der Waals surface area contributed by atoms with E-state index in [4.69, 9.17) is 23.2 Å². The number of nitrogens with zero attached hydrogens (tertiary/aromatic N) is 1. The average molecular weight is 385 g/mol. The number of hydrogen-bond donors (Lipinski definition) is 1. The fraction of sp³-hybridized carbons (Fsp3) is 0.227. The van der Waals surface area contributed by atoms with Gasteiger partial charge in [0.25, 0.3) is 0 Å². The Morgan fingerprint density at radius 1 is 0.923 bits per heavy atom. The molecule has 0 atom stereocenters. The van der Waals surface area contributed by atoms with Crippen LogP contribution in [0.15, 0.2) is 54.7 Å². The Morgan fingerprint density at radius 2 is 1.69 bits per heavy atom. The molecule has 2 nitrogen and oxygen atoms in total. The number of aryl methyl sites for hydroxylation is 3. The highest BCUT2D eigenvalue weighted by Crippen LogP contribution is 2.40. The molecule has 0 unspecified atom stereocenters. The molecule has 1 aromatic heterocycles. The highest BCUT2D eigenvalue weighted by atomic mass is 35.5. The second kappa shape index (κ2) is 8.57. The van der Waals surface area contributed by atoms with E-state index < -0.39 is 0 Å². The molecule has 0 saturated heterocycles. The molecule has 3 aromatic rings. The molecule has 0 radical (unpaired) electrons. The summed E-state index contributed by atoms with van der Waals surface area (Å²) in [6.45, 7) is 4.89. The molecule has 2 aromatic carbocycles. The molecule has 1 heterocycles. The van der Waals surface area contributed by atoms with Crippen LogP contribution in [0.25, 0.3) is 11.1 Å². The van der Waals surface area contributed by atoms with Crippen LogP contribution in [0.4, 0.5) is 5.69 Å². The van der Waals surface area contributed by atoms with Crippen molar-refractivity contribution < 1.29 is 0 Å². The number of nitrogens with one attached hydrogen (secondary N) is 1. The molecule has 3 rings (SSSR count). The van der Waals surface area contributed by atoms with Gasteiger partial charge in [-0.2, -0.15) is 0 Å². The van der Waals surface area contributed by atoms with E-state index in [0.717, 1.165) is 47.5 Å². The van der Waals surface area contributed by atoms with Gasteiger partial charge >= 0.3 is 0 Å². The predicted molar refractivity (Wildman–Crippen MR) is 112 cm³/mol. The smallest absolute Gasteiger partial charge is 0.0829 e. The molecular formula is C22H22Cl2N2. The van der Waals surface area contributed by atoms with Crippen molar-refractivity contribution in [2.45, 2.75) is 26.7 Å². The predicted octanol–water partition coefficient (Wildman–Crippen LogP) is 6.72. The zero-order valence-corrected chi connectivity index (χ0v) is 16.5. The molecule has 0 saturated carbocycles. The van der Waals surface area contributed by atoms with Gasteiger partial charge in [-0.15, -0.1) is 0 Å². The van der Waals surface area contributed by atoms with Gasteiger partial charge in [0, 0.05) is 29.6 Å². The van der Waals surface area contributed by atoms with Gasteiger partial charge in [0.05, 0.1) is 15.7 Å². The minimum atomic E-state index is 0.562. The van der Waals surface area contributed by atoms with Crippen molar-refractivity contribution in [1.82, 2.24) is 4.98 Å². The lowest BCUT2D eigenvalue weighted by Gasteiger charge is -2.15. The summed E-state index contributed by atoms with van der Waals surface area (Å²) in [6.07, 6.45) is 3.87. The van der Waals surface area contributed by atoms with Crippen molar-refractivity contribution in [1.29, 1.82) is 0 Å². The minimum absolute atomic E-state index is 0.562. The van der Waals surface area contributed by atoms with Crippen molar-refractivity contribution >= 4 is 28.9 Å². The molecule has 0 spiro atoms. The Hall–Kier alpha value is -2.03. The number of halogens is 2. The number of anilines is 1. The van der Waals surface area contributed by atoms with Crippen LogP contribution < -0.4 is 5.32 Å². The molecule has 0 fully saturated rings. The first-order valence-corrected chi connectivity index (χ1v) is 9.52. The Bertz CT molecular complexity index is 872. The summed E-state index contributed by atoms with van der Waals surface area (Å²) in [5.41, 5.74) is 6.28. The van der Waals surface area contributed by atoms with E-state index >= 15 is 0 Å². The van der Waals surface area contributed by atoms with Gasteiger partial charge in [-0.25, -0.2) is 0 Å². The van der Waals surface area contributed by atoms with Crippen LogP contribution in [0.2, 0.25) is 10.0 Å². The second-order valence-corrected chi connectivity index (χ2v) is 7.15. The highest BCUT2D eigenvalue weighted by Gasteiger charge is 2.15. The van der Waals surface area contributed by atoms with Crippen molar-refractivity contribution in [2.75, 3.05) is 11.9 Å². The third kappa shape index (κ3) is 4.20. The molecule has 26 heavy (non-hydrogen) atoms. The van der Waals surface area contributed by atoms with Crippen LogP contribution >= 0.6 is 23.2 Å². The first kappa shape index (κ1) is 18.8. The number of rotatable bonds is 6. The van der Waals surface area contributed by atoms with E-state index in [1.54, 1.807) is 0 Å². The van der Waals surface area contributed by atoms with E-state index in [2.05, 4.69) is 41.5 Å². The fourth-order valence-electron chi connectivity index (χ4n) is 3.14. The summed E-state index contributed by atoms with van der Waals surface area (Å²) >= 11 is 13.1. The summed E-state index contributed by atoms with van der Waals surface area (Å²) < 4.78 is 0. The van der Waals surface area contributed by atoms with Crippen LogP contribution in [0.3, 0.4) is 0 Å². The van der Waals surface area contributed by atoms with Gasteiger partial charge in [0.1, 0.15) is 0 Å². The van der Waals surface area contributed by atoms with Crippen molar-refractivity contribution in [3.05, 3.63) is 81.6 Å². The van der Waals surface area contributed by atoms with Crippen LogP contribution in [0.1, 0.15) is 23.2 Å². The van der Waals surface area contributed by atoms with Crippen molar-refractivity contribution in [3.8, 4) is 11.1 Å². The molecule has 1 N–H and O–H groups in total. The molecular weight excluding hydrogens is 363 g/mol. The highest BCUT2D eigenvalue weighted by molar-refractivity contribution is 6.45. The Kier molecular flexibility index (Phi) is 6.18. The van der Waals surface area contributed by atoms with Crippen LogP contribution in [-0.2, 0) is 6.42 Å². The zero-order valence-electron chi connectivity index (χ0n) is 15.0. The van der Waals surface area contributed by atoms with E-state index in [1.807, 2.05) is 37.4 Å². The third-order valence-electron chi connectivity index (χ3n) is 4.50. The lowest BCUT2D eigenvalue weighted by molar-refractivity contribution is 0.863. The molecule has 134 valence electrons. The lowest BCUT2D eigenvalue weighted by atomic mass is 9.99. The average Bonchev–Trinajstić information content (AvgIpc) is 2.64. The topological polar surface area (TPSA) is 24.9 Å². The van der Waals surface area contributed by atoms with Crippen molar-refractivity contribution in [2.24, 2.45) is 0 Å². The maximum Gasteiger partial charge on any atom is 0.0829 e. The van der Waals surface area contributed by atoms with Gasteiger partial charge in [-0.1, -0.05) is 59.6 Å². The first-order valence-electron chi connectivity index (χ1n) is 8.76. The summed E-state index contributed by atoms with van der Waals surface area (Å²) in [5.74, 6) is 0. The Labute approximate surface area is 165 Å². The summed E-state index contributed by atoms with van der Waals surface area (Å²) in [6, 6.07) is 16.5. The fourth-order valence-corrected chi connectivity index (χ4v) is 3.63. The van der Waals surface area contributed by atoms with Crippen LogP contribution in [0.5, 0.6) is 0 Å². The first-order chi connectivity index (χ1) is 12.6. The maximum atomic E-state index is 6.59. The Balaban J connectivity index is 1.72. The quantitative estimate of drug-likeness (QED) is 0.477. The lowest BCUT2D eigenvalue weighted by Crippen LogP contribution is -2.04. The van der Waals surface area contributed by atoms with E-state index in [0.29, 0.717) is 10.0 Å². The molecule has 0 amide bonds. The van der Waals surface area contributed by atoms with E-state index in [1.165, 1.54) is 5.56 Å². The van der Waals surface area contributed by atoms with E-state index in [9.17, 15) is 0 Å². The van der Waals surface area contributed by atoms with Gasteiger partial charge in [0.2, 0.25) is 0 Å². The molecule has 0 bridgehead atoms. The van der Waals surface area contributed by atoms with E-state index in [-0.39, 0.29) is 0 Å². The zero-order chi connectivity index (χ0) is 18.5. The number of hydrogen-bond acceptors (Lipinski definition) is 2. The molecule has 0 aliphatic carbocycles. The number of aromatic nitrogens is 1. The molecule has 0 aliphatic rings. The third-order valence-corrected chi connectivity index (χ3v) is 5.38. The van der Waals surface area contributed by atoms with Gasteiger partial charge in [-0.3, -0.25) is 4.98 Å². The maximum absolute atomic E-state index is 6.59. The van der Waals surface area contributed by atoms with Gasteiger partial charge < -0.3 is 5.32 Å². The largest absolute Gasteiger partial charge is 0.384 e. The van der Waals surface area contributed by atoms with Gasteiger partial charge in [-0.05, 0) is 49.9 Å². The van der Waals surface area contributed by atoms with Crippen LogP contribution in [0, 0.1) is 13.8 Å². The van der Waals surface area contributed by atoms with Gasteiger partial charge in [0.15, 0.2) is 0 Å². The summed E-state index contributed by atoms with van der Waals surface area (Å²) in [5, 5.41) is 4.53. The second-order valence-electron chi connectivity index (χ2n) is 6.39. The monoisotopic (exact) mass is 384 g/mol. The molecule has 4 heteroatoms. The van der Waals surface area contributed by atoms with Crippen molar-refractivity contribution in [3.63, 3.8) is 0 Å². The number of pyridine rings is 1. The summed E-state index contributed by atoms with van der Waals surface area (Å²) in [7, 11) is 0. The minimum Gasteiger partial charge on any atom is -0.384 e. The molecule has 0 aliphatic heterocycles.